The van der Waals surface area contributed by atoms with Crippen LogP contribution in [0.3, 0.4) is 0 Å². The Balaban J connectivity index is 1.45. The molecule has 0 radical (unpaired) electrons. The van der Waals surface area contributed by atoms with Gasteiger partial charge >= 0.3 is 0 Å². The number of ether oxygens (including phenoxy) is 2. The van der Waals surface area contributed by atoms with Crippen molar-refractivity contribution in [1.82, 2.24) is 9.55 Å². The Bertz CT molecular complexity index is 1380. The zero-order valence-electron chi connectivity index (χ0n) is 18.1. The van der Waals surface area contributed by atoms with Gasteiger partial charge in [-0.1, -0.05) is 36.0 Å². The summed E-state index contributed by atoms with van der Waals surface area (Å²) in [6.45, 7) is 1.15. The van der Waals surface area contributed by atoms with Crippen LogP contribution in [0.25, 0.3) is 20.3 Å². The van der Waals surface area contributed by atoms with E-state index in [9.17, 15) is 9.59 Å². The van der Waals surface area contributed by atoms with E-state index in [1.807, 2.05) is 36.4 Å². The minimum Gasteiger partial charge on any atom is -0.497 e. The molecule has 1 atom stereocenters. The molecule has 4 aromatic rings. The van der Waals surface area contributed by atoms with E-state index in [0.29, 0.717) is 40.0 Å². The molecular weight excluding hydrogens is 458 g/mol. The lowest BCUT2D eigenvalue weighted by Gasteiger charge is -2.15. The monoisotopic (exact) mass is 481 g/mol. The zero-order valence-corrected chi connectivity index (χ0v) is 19.7. The summed E-state index contributed by atoms with van der Waals surface area (Å²) in [5, 5.41) is 4.37. The molecule has 1 amide bonds. The predicted octanol–water partition coefficient (Wildman–Crippen LogP) is 4.53. The minimum absolute atomic E-state index is 0.0127. The number of fused-ring (bicyclic) bond motifs is 3. The van der Waals surface area contributed by atoms with E-state index >= 15 is 0 Å². The molecule has 0 unspecified atom stereocenters. The normalized spacial score (nSPS) is 15.8. The van der Waals surface area contributed by atoms with Crippen LogP contribution in [0.15, 0.2) is 58.5 Å². The molecule has 9 heteroatoms. The molecule has 5 rings (SSSR count). The van der Waals surface area contributed by atoms with Crippen LogP contribution in [0.4, 0.5) is 5.69 Å². The highest BCUT2D eigenvalue weighted by Crippen LogP contribution is 2.32. The van der Waals surface area contributed by atoms with E-state index in [1.54, 1.807) is 23.8 Å². The molecule has 0 bridgehead atoms. The van der Waals surface area contributed by atoms with E-state index < -0.39 is 0 Å². The van der Waals surface area contributed by atoms with Crippen LogP contribution in [-0.4, -0.2) is 41.0 Å². The number of anilines is 1. The first-order chi connectivity index (χ1) is 16.1. The van der Waals surface area contributed by atoms with Crippen molar-refractivity contribution in [3.05, 3.63) is 58.9 Å². The second kappa shape index (κ2) is 9.54. The number of nitrogens with one attached hydrogen (secondary N) is 1. The summed E-state index contributed by atoms with van der Waals surface area (Å²) in [7, 11) is 1.58. The molecule has 1 aliphatic heterocycles. The molecular formula is C24H23N3O4S2. The first kappa shape index (κ1) is 21.9. The summed E-state index contributed by atoms with van der Waals surface area (Å²) in [5.74, 6) is 0.617. The van der Waals surface area contributed by atoms with Crippen LogP contribution in [0, 0.1) is 0 Å². The molecule has 1 fully saturated rings. The van der Waals surface area contributed by atoms with Crippen molar-refractivity contribution in [2.24, 2.45) is 0 Å². The van der Waals surface area contributed by atoms with Crippen LogP contribution in [0.1, 0.15) is 12.8 Å². The Morgan fingerprint density at radius 3 is 3.00 bits per heavy atom. The highest BCUT2D eigenvalue weighted by atomic mass is 32.2. The largest absolute Gasteiger partial charge is 0.497 e. The lowest BCUT2D eigenvalue weighted by Crippen LogP contribution is -2.28. The molecule has 1 aliphatic rings. The van der Waals surface area contributed by atoms with Gasteiger partial charge in [-0.05, 0) is 31.0 Å². The quantitative estimate of drug-likeness (QED) is 0.309. The SMILES string of the molecule is COc1cccc(NC(=O)CSc2nc3c(sc4ccccc43)c(=O)n2C[C@H]2CCCO2)c1. The number of nitrogens with zero attached hydrogens (tertiary/aromatic N) is 2. The Morgan fingerprint density at radius 2 is 2.18 bits per heavy atom. The number of aromatic nitrogens is 2. The minimum atomic E-state index is -0.179. The van der Waals surface area contributed by atoms with Gasteiger partial charge in [-0.2, -0.15) is 0 Å². The maximum atomic E-state index is 13.5. The van der Waals surface area contributed by atoms with Crippen molar-refractivity contribution < 1.29 is 14.3 Å². The number of methoxy groups -OCH3 is 1. The Labute approximate surface area is 198 Å². The molecule has 0 spiro atoms. The topological polar surface area (TPSA) is 82.5 Å². The van der Waals surface area contributed by atoms with Crippen molar-refractivity contribution in [2.45, 2.75) is 30.6 Å². The molecule has 1 N–H and O–H groups in total. The summed E-state index contributed by atoms with van der Waals surface area (Å²) >= 11 is 2.73. The summed E-state index contributed by atoms with van der Waals surface area (Å²) < 4.78 is 14.3. The molecule has 33 heavy (non-hydrogen) atoms. The molecule has 1 saturated heterocycles. The van der Waals surface area contributed by atoms with Gasteiger partial charge < -0.3 is 14.8 Å². The van der Waals surface area contributed by atoms with Crippen LogP contribution in [0.2, 0.25) is 0 Å². The highest BCUT2D eigenvalue weighted by Gasteiger charge is 2.22. The van der Waals surface area contributed by atoms with E-state index in [4.69, 9.17) is 14.5 Å². The van der Waals surface area contributed by atoms with Crippen LogP contribution in [0.5, 0.6) is 5.75 Å². The standard InChI is InChI=1S/C24H23N3O4S2/c1-30-16-7-4-6-15(12-16)25-20(28)14-32-24-26-21-18-9-2-3-10-19(18)33-22(21)23(29)27(24)13-17-8-5-11-31-17/h2-4,6-7,9-10,12,17H,5,8,11,13-14H2,1H3,(H,25,28)/t17-/m1/s1. The number of rotatable bonds is 7. The van der Waals surface area contributed by atoms with E-state index in [1.165, 1.54) is 23.1 Å². The Hall–Kier alpha value is -2.88. The summed E-state index contributed by atoms with van der Waals surface area (Å²) in [6.07, 6.45) is 1.89. The third-order valence-electron chi connectivity index (χ3n) is 5.54. The number of thioether (sulfide) groups is 1. The van der Waals surface area contributed by atoms with Gasteiger partial charge in [-0.15, -0.1) is 11.3 Å². The number of hydrogen-bond donors (Lipinski definition) is 1. The van der Waals surface area contributed by atoms with Crippen LogP contribution >= 0.6 is 23.1 Å². The lowest BCUT2D eigenvalue weighted by molar-refractivity contribution is -0.113. The van der Waals surface area contributed by atoms with E-state index in [2.05, 4.69) is 5.32 Å². The fraction of sp³-hybridized carbons (Fsp3) is 0.292. The van der Waals surface area contributed by atoms with Crippen molar-refractivity contribution in [3.8, 4) is 5.75 Å². The average molecular weight is 482 g/mol. The lowest BCUT2D eigenvalue weighted by atomic mass is 10.2. The number of benzene rings is 2. The third kappa shape index (κ3) is 4.62. The molecule has 0 saturated carbocycles. The van der Waals surface area contributed by atoms with Gasteiger partial charge in [0.2, 0.25) is 5.91 Å². The summed E-state index contributed by atoms with van der Waals surface area (Å²) in [4.78, 5) is 31.0. The molecule has 7 nitrogen and oxygen atoms in total. The maximum Gasteiger partial charge on any atom is 0.272 e. The van der Waals surface area contributed by atoms with Crippen LogP contribution < -0.4 is 15.6 Å². The fourth-order valence-electron chi connectivity index (χ4n) is 3.94. The van der Waals surface area contributed by atoms with Gasteiger partial charge in [-0.25, -0.2) is 4.98 Å². The number of carbonyl (C=O) groups excluding carboxylic acids is 1. The number of thiophene rings is 1. The van der Waals surface area contributed by atoms with Gasteiger partial charge in [0.1, 0.15) is 10.4 Å². The third-order valence-corrected chi connectivity index (χ3v) is 7.67. The highest BCUT2D eigenvalue weighted by molar-refractivity contribution is 7.99. The summed E-state index contributed by atoms with van der Waals surface area (Å²) in [5.41, 5.74) is 1.27. The average Bonchev–Trinajstić information content (AvgIpc) is 3.48. The van der Waals surface area contributed by atoms with Crippen molar-refractivity contribution >= 4 is 55.0 Å². The van der Waals surface area contributed by atoms with Crippen LogP contribution in [-0.2, 0) is 16.1 Å². The van der Waals surface area contributed by atoms with Gasteiger partial charge in [0.05, 0.1) is 31.0 Å². The van der Waals surface area contributed by atoms with Gasteiger partial charge in [0.25, 0.3) is 5.56 Å². The smallest absolute Gasteiger partial charge is 0.272 e. The van der Waals surface area contributed by atoms with Crippen molar-refractivity contribution in [2.75, 3.05) is 24.8 Å². The van der Waals surface area contributed by atoms with Gasteiger partial charge in [-0.3, -0.25) is 14.2 Å². The number of hydrogen-bond acceptors (Lipinski definition) is 7. The number of amides is 1. The van der Waals surface area contributed by atoms with Gasteiger partial charge in [0.15, 0.2) is 5.16 Å². The summed E-state index contributed by atoms with van der Waals surface area (Å²) in [6, 6.07) is 15.1. The molecule has 0 aliphatic carbocycles. The second-order valence-electron chi connectivity index (χ2n) is 7.79. The molecule has 170 valence electrons. The fourth-order valence-corrected chi connectivity index (χ4v) is 5.84. The first-order valence-corrected chi connectivity index (χ1v) is 12.5. The second-order valence-corrected chi connectivity index (χ2v) is 9.78. The van der Waals surface area contributed by atoms with Gasteiger partial charge in [0, 0.05) is 28.4 Å². The predicted molar refractivity (Wildman–Crippen MR) is 133 cm³/mol. The first-order valence-electron chi connectivity index (χ1n) is 10.7. The van der Waals surface area contributed by atoms with Crippen molar-refractivity contribution in [3.63, 3.8) is 0 Å². The van der Waals surface area contributed by atoms with E-state index in [0.717, 1.165) is 22.9 Å². The molecule has 2 aromatic heterocycles. The Morgan fingerprint density at radius 1 is 1.30 bits per heavy atom. The zero-order chi connectivity index (χ0) is 22.8. The number of carbonyl (C=O) groups is 1. The Kier molecular flexibility index (Phi) is 6.34. The molecule has 3 heterocycles. The maximum absolute atomic E-state index is 13.5. The van der Waals surface area contributed by atoms with E-state index in [-0.39, 0.29) is 23.3 Å². The van der Waals surface area contributed by atoms with Crippen molar-refractivity contribution in [1.29, 1.82) is 0 Å². The molecule has 2 aromatic carbocycles.